The van der Waals surface area contributed by atoms with Gasteiger partial charge in [-0.1, -0.05) is 6.92 Å². The fourth-order valence-electron chi connectivity index (χ4n) is 2.16. The van der Waals surface area contributed by atoms with Gasteiger partial charge in [0.25, 0.3) is 0 Å². The van der Waals surface area contributed by atoms with Gasteiger partial charge in [-0.15, -0.1) is 12.3 Å². The SMILES string of the molecule is C#CCC(C)NC1CCOC(C)(CC)C1. The van der Waals surface area contributed by atoms with Crippen molar-refractivity contribution < 1.29 is 4.74 Å². The molecule has 3 unspecified atom stereocenters. The maximum atomic E-state index is 5.81. The minimum Gasteiger partial charge on any atom is -0.375 e. The second-order valence-corrected chi connectivity index (χ2v) is 4.82. The first-order valence-electron chi connectivity index (χ1n) is 5.93. The third kappa shape index (κ3) is 3.85. The second kappa shape index (κ2) is 5.53. The summed E-state index contributed by atoms with van der Waals surface area (Å²) >= 11 is 0. The standard InChI is InChI=1S/C13H23NO/c1-5-7-11(3)14-12-8-9-15-13(4,6-2)10-12/h1,11-12,14H,6-10H2,2-4H3. The summed E-state index contributed by atoms with van der Waals surface area (Å²) in [5, 5.41) is 3.59. The lowest BCUT2D eigenvalue weighted by Gasteiger charge is -2.39. The predicted octanol–water partition coefficient (Wildman–Crippen LogP) is 2.34. The van der Waals surface area contributed by atoms with E-state index >= 15 is 0 Å². The van der Waals surface area contributed by atoms with Crippen molar-refractivity contribution in [2.45, 2.75) is 64.1 Å². The van der Waals surface area contributed by atoms with Gasteiger partial charge in [0, 0.05) is 25.1 Å². The molecule has 1 rings (SSSR count). The van der Waals surface area contributed by atoms with Crippen molar-refractivity contribution in [1.29, 1.82) is 0 Å². The molecular weight excluding hydrogens is 186 g/mol. The van der Waals surface area contributed by atoms with E-state index in [1.165, 1.54) is 0 Å². The van der Waals surface area contributed by atoms with E-state index < -0.39 is 0 Å². The zero-order valence-corrected chi connectivity index (χ0v) is 10.2. The molecule has 0 aromatic carbocycles. The smallest absolute Gasteiger partial charge is 0.0666 e. The molecule has 86 valence electrons. The summed E-state index contributed by atoms with van der Waals surface area (Å²) in [5.74, 6) is 2.70. The summed E-state index contributed by atoms with van der Waals surface area (Å²) in [6.45, 7) is 7.41. The second-order valence-electron chi connectivity index (χ2n) is 4.82. The average molecular weight is 209 g/mol. The van der Waals surface area contributed by atoms with Gasteiger partial charge in [0.05, 0.1) is 5.60 Å². The van der Waals surface area contributed by atoms with Crippen molar-refractivity contribution in [1.82, 2.24) is 5.32 Å². The van der Waals surface area contributed by atoms with Crippen molar-refractivity contribution in [3.8, 4) is 12.3 Å². The van der Waals surface area contributed by atoms with Crippen molar-refractivity contribution in [2.24, 2.45) is 0 Å². The molecule has 1 aliphatic rings. The van der Waals surface area contributed by atoms with E-state index in [4.69, 9.17) is 11.2 Å². The van der Waals surface area contributed by atoms with Gasteiger partial charge in [-0.25, -0.2) is 0 Å². The van der Waals surface area contributed by atoms with E-state index in [2.05, 4.69) is 32.0 Å². The van der Waals surface area contributed by atoms with Gasteiger partial charge in [0.2, 0.25) is 0 Å². The van der Waals surface area contributed by atoms with E-state index in [-0.39, 0.29) is 5.60 Å². The lowest BCUT2D eigenvalue weighted by molar-refractivity contribution is -0.0788. The number of terminal acetylenes is 1. The van der Waals surface area contributed by atoms with Gasteiger partial charge in [-0.05, 0) is 33.1 Å². The average Bonchev–Trinajstić information content (AvgIpc) is 2.18. The number of rotatable bonds is 4. The molecule has 3 atom stereocenters. The largest absolute Gasteiger partial charge is 0.375 e. The predicted molar refractivity (Wildman–Crippen MR) is 63.7 cm³/mol. The van der Waals surface area contributed by atoms with Crippen LogP contribution < -0.4 is 5.32 Å². The Morgan fingerprint density at radius 3 is 3.00 bits per heavy atom. The maximum absolute atomic E-state index is 5.81. The normalized spacial score (nSPS) is 33.3. The molecule has 1 aliphatic heterocycles. The van der Waals surface area contributed by atoms with E-state index in [1.807, 2.05) is 0 Å². The van der Waals surface area contributed by atoms with Gasteiger partial charge < -0.3 is 10.1 Å². The zero-order valence-electron chi connectivity index (χ0n) is 10.2. The Hall–Kier alpha value is -0.520. The van der Waals surface area contributed by atoms with Crippen LogP contribution in [-0.2, 0) is 4.74 Å². The van der Waals surface area contributed by atoms with Crippen LogP contribution in [0.1, 0.15) is 46.5 Å². The Labute approximate surface area is 93.8 Å². The molecular formula is C13H23NO. The van der Waals surface area contributed by atoms with Gasteiger partial charge in [-0.2, -0.15) is 0 Å². The van der Waals surface area contributed by atoms with Crippen LogP contribution in [0.15, 0.2) is 0 Å². The van der Waals surface area contributed by atoms with Crippen molar-refractivity contribution in [3.63, 3.8) is 0 Å². The Morgan fingerprint density at radius 1 is 1.67 bits per heavy atom. The highest BCUT2D eigenvalue weighted by Crippen LogP contribution is 2.27. The number of ether oxygens (including phenoxy) is 1. The third-order valence-corrected chi connectivity index (χ3v) is 3.29. The molecule has 1 heterocycles. The summed E-state index contributed by atoms with van der Waals surface area (Å²) < 4.78 is 5.81. The van der Waals surface area contributed by atoms with Crippen molar-refractivity contribution >= 4 is 0 Å². The van der Waals surface area contributed by atoms with E-state index in [9.17, 15) is 0 Å². The molecule has 0 saturated carbocycles. The highest BCUT2D eigenvalue weighted by molar-refractivity contribution is 4.91. The lowest BCUT2D eigenvalue weighted by atomic mass is 9.89. The third-order valence-electron chi connectivity index (χ3n) is 3.29. The number of hydrogen-bond donors (Lipinski definition) is 1. The molecule has 2 heteroatoms. The molecule has 0 aromatic rings. The molecule has 0 radical (unpaired) electrons. The van der Waals surface area contributed by atoms with Crippen molar-refractivity contribution in [2.75, 3.05) is 6.61 Å². The van der Waals surface area contributed by atoms with Crippen LogP contribution in [0.5, 0.6) is 0 Å². The van der Waals surface area contributed by atoms with Crippen LogP contribution in [0.4, 0.5) is 0 Å². The summed E-state index contributed by atoms with van der Waals surface area (Å²) in [6.07, 6.45) is 9.38. The first kappa shape index (κ1) is 12.5. The molecule has 1 N–H and O–H groups in total. The van der Waals surface area contributed by atoms with Crippen LogP contribution in [0.2, 0.25) is 0 Å². The fraction of sp³-hybridized carbons (Fsp3) is 0.846. The van der Waals surface area contributed by atoms with Gasteiger partial charge in [0.15, 0.2) is 0 Å². The number of nitrogens with one attached hydrogen (secondary N) is 1. The fourth-order valence-corrected chi connectivity index (χ4v) is 2.16. The maximum Gasteiger partial charge on any atom is 0.0666 e. The first-order valence-corrected chi connectivity index (χ1v) is 5.93. The van der Waals surface area contributed by atoms with Crippen LogP contribution in [0, 0.1) is 12.3 Å². The summed E-state index contributed by atoms with van der Waals surface area (Å²) in [4.78, 5) is 0. The topological polar surface area (TPSA) is 21.3 Å². The van der Waals surface area contributed by atoms with Crippen molar-refractivity contribution in [3.05, 3.63) is 0 Å². The molecule has 0 spiro atoms. The molecule has 2 nitrogen and oxygen atoms in total. The lowest BCUT2D eigenvalue weighted by Crippen LogP contribution is -2.47. The Morgan fingerprint density at radius 2 is 2.40 bits per heavy atom. The summed E-state index contributed by atoms with van der Waals surface area (Å²) in [7, 11) is 0. The van der Waals surface area contributed by atoms with Gasteiger partial charge in [-0.3, -0.25) is 0 Å². The van der Waals surface area contributed by atoms with Gasteiger partial charge >= 0.3 is 0 Å². The monoisotopic (exact) mass is 209 g/mol. The van der Waals surface area contributed by atoms with Crippen LogP contribution in [0.3, 0.4) is 0 Å². The highest BCUT2D eigenvalue weighted by Gasteiger charge is 2.31. The van der Waals surface area contributed by atoms with Crippen LogP contribution in [-0.4, -0.2) is 24.3 Å². The number of hydrogen-bond acceptors (Lipinski definition) is 2. The van der Waals surface area contributed by atoms with E-state index in [0.717, 1.165) is 32.3 Å². The first-order chi connectivity index (χ1) is 7.09. The Balaban J connectivity index is 2.40. The highest BCUT2D eigenvalue weighted by atomic mass is 16.5. The molecule has 0 aliphatic carbocycles. The minimum absolute atomic E-state index is 0.0613. The summed E-state index contributed by atoms with van der Waals surface area (Å²) in [5.41, 5.74) is 0.0613. The Bertz CT molecular complexity index is 233. The molecule has 0 aromatic heterocycles. The molecule has 15 heavy (non-hydrogen) atoms. The van der Waals surface area contributed by atoms with Crippen LogP contribution >= 0.6 is 0 Å². The quantitative estimate of drug-likeness (QED) is 0.718. The zero-order chi connectivity index (χ0) is 11.3. The van der Waals surface area contributed by atoms with Crippen LogP contribution in [0.25, 0.3) is 0 Å². The van der Waals surface area contributed by atoms with E-state index in [1.54, 1.807) is 0 Å². The molecule has 1 saturated heterocycles. The van der Waals surface area contributed by atoms with Gasteiger partial charge in [0.1, 0.15) is 0 Å². The molecule has 0 amide bonds. The molecule has 1 fully saturated rings. The molecule has 0 bridgehead atoms. The van der Waals surface area contributed by atoms with E-state index in [0.29, 0.717) is 12.1 Å². The summed E-state index contributed by atoms with van der Waals surface area (Å²) in [6, 6.07) is 0.978. The Kier molecular flexibility index (Phi) is 4.63. The minimum atomic E-state index is 0.0613.